The van der Waals surface area contributed by atoms with Crippen molar-refractivity contribution in [2.24, 2.45) is 0 Å². The maximum Gasteiger partial charge on any atom is 0.239 e. The minimum absolute atomic E-state index is 0.0156. The average molecular weight is 428 g/mol. The number of hydrogen-bond acceptors (Lipinski definition) is 7. The number of aromatic nitrogens is 3. The fraction of sp³-hybridized carbons (Fsp3) is 0.565. The largest absolute Gasteiger partial charge is 0.491 e. The molecule has 0 aliphatic heterocycles. The Balaban J connectivity index is 1.86. The van der Waals surface area contributed by atoms with Crippen molar-refractivity contribution in [1.29, 1.82) is 0 Å². The van der Waals surface area contributed by atoms with Gasteiger partial charge in [-0.2, -0.15) is 0 Å². The molecule has 0 fully saturated rings. The van der Waals surface area contributed by atoms with Crippen LogP contribution in [0.15, 0.2) is 18.3 Å². The van der Waals surface area contributed by atoms with Gasteiger partial charge in [-0.25, -0.2) is 9.97 Å². The molecule has 0 aromatic carbocycles. The molecule has 8 nitrogen and oxygen atoms in total. The Morgan fingerprint density at radius 1 is 1.29 bits per heavy atom. The highest BCUT2D eigenvalue weighted by Gasteiger charge is 2.26. The minimum atomic E-state index is -0.199. The number of anilines is 1. The summed E-state index contributed by atoms with van der Waals surface area (Å²) in [5, 5.41) is 12.1. The Labute approximate surface area is 184 Å². The molecule has 2 heterocycles. The number of aryl methyl sites for hydroxylation is 1. The first-order valence-corrected chi connectivity index (χ1v) is 11.0. The zero-order valence-corrected chi connectivity index (χ0v) is 18.9. The van der Waals surface area contributed by atoms with Gasteiger partial charge in [-0.05, 0) is 45.1 Å². The van der Waals surface area contributed by atoms with Crippen LogP contribution in [0.25, 0.3) is 11.5 Å². The number of nitrogens with one attached hydrogen (secondary N) is 1. The smallest absolute Gasteiger partial charge is 0.239 e. The van der Waals surface area contributed by atoms with Crippen molar-refractivity contribution in [3.05, 3.63) is 29.6 Å². The molecular weight excluding hydrogens is 394 g/mol. The van der Waals surface area contributed by atoms with Crippen LogP contribution in [0.3, 0.4) is 0 Å². The van der Waals surface area contributed by atoms with E-state index >= 15 is 0 Å². The van der Waals surface area contributed by atoms with Gasteiger partial charge in [-0.3, -0.25) is 9.78 Å². The number of nitrogens with zero attached hydrogens (tertiary/aromatic N) is 4. The monoisotopic (exact) mass is 427 g/mol. The molecule has 1 amide bonds. The number of rotatable bonds is 10. The molecule has 0 unspecified atom stereocenters. The summed E-state index contributed by atoms with van der Waals surface area (Å²) in [7, 11) is 1.90. The first-order chi connectivity index (χ1) is 14.9. The molecule has 168 valence electrons. The SMILES string of the molecule is CCC(C)(CC)NC(=O)CN(C)c1nc(-c2cc(OCCO)ccn2)nc2c1CCC2. The normalized spacial score (nSPS) is 13.1. The van der Waals surface area contributed by atoms with E-state index in [1.54, 1.807) is 18.3 Å². The second-order valence-corrected chi connectivity index (χ2v) is 8.27. The number of hydrogen-bond donors (Lipinski definition) is 2. The molecule has 0 saturated heterocycles. The summed E-state index contributed by atoms with van der Waals surface area (Å²) < 4.78 is 5.50. The Kier molecular flexibility index (Phi) is 7.43. The van der Waals surface area contributed by atoms with E-state index in [1.807, 2.05) is 11.9 Å². The third kappa shape index (κ3) is 5.50. The number of carbonyl (C=O) groups excluding carboxylic acids is 1. The van der Waals surface area contributed by atoms with Crippen molar-refractivity contribution in [2.45, 2.75) is 58.4 Å². The summed E-state index contributed by atoms with van der Waals surface area (Å²) in [5.41, 5.74) is 2.53. The van der Waals surface area contributed by atoms with E-state index in [9.17, 15) is 4.79 Å². The van der Waals surface area contributed by atoms with Crippen LogP contribution >= 0.6 is 0 Å². The molecule has 1 aliphatic carbocycles. The zero-order chi connectivity index (χ0) is 22.4. The molecule has 3 rings (SSSR count). The van der Waals surface area contributed by atoms with Gasteiger partial charge >= 0.3 is 0 Å². The van der Waals surface area contributed by atoms with E-state index in [-0.39, 0.29) is 31.2 Å². The molecular formula is C23H33N5O3. The Hall–Kier alpha value is -2.74. The highest BCUT2D eigenvalue weighted by molar-refractivity contribution is 5.82. The summed E-state index contributed by atoms with van der Waals surface area (Å²) >= 11 is 0. The molecule has 0 radical (unpaired) electrons. The van der Waals surface area contributed by atoms with Crippen LogP contribution in [0.4, 0.5) is 5.82 Å². The zero-order valence-electron chi connectivity index (χ0n) is 18.9. The summed E-state index contributed by atoms with van der Waals surface area (Å²) in [5.74, 6) is 1.89. The van der Waals surface area contributed by atoms with Crippen LogP contribution in [0.1, 0.15) is 51.3 Å². The van der Waals surface area contributed by atoms with Gasteiger partial charge in [-0.15, -0.1) is 0 Å². The van der Waals surface area contributed by atoms with Crippen molar-refractivity contribution in [3.63, 3.8) is 0 Å². The van der Waals surface area contributed by atoms with Crippen molar-refractivity contribution in [1.82, 2.24) is 20.3 Å². The predicted octanol–water partition coefficient (Wildman–Crippen LogP) is 2.53. The van der Waals surface area contributed by atoms with E-state index in [1.165, 1.54) is 0 Å². The number of aliphatic hydroxyl groups is 1. The van der Waals surface area contributed by atoms with Crippen LogP contribution in [-0.2, 0) is 17.6 Å². The van der Waals surface area contributed by atoms with E-state index in [4.69, 9.17) is 19.8 Å². The highest BCUT2D eigenvalue weighted by atomic mass is 16.5. The van der Waals surface area contributed by atoms with Gasteiger partial charge in [0.1, 0.15) is 23.9 Å². The third-order valence-corrected chi connectivity index (χ3v) is 5.98. The van der Waals surface area contributed by atoms with E-state index < -0.39 is 0 Å². The lowest BCUT2D eigenvalue weighted by atomic mass is 9.95. The van der Waals surface area contributed by atoms with Gasteiger partial charge in [0, 0.05) is 36.1 Å². The lowest BCUT2D eigenvalue weighted by Gasteiger charge is -2.30. The van der Waals surface area contributed by atoms with Gasteiger partial charge in [0.05, 0.1) is 13.2 Å². The number of likely N-dealkylation sites (N-methyl/N-ethyl adjacent to an activating group) is 1. The summed E-state index contributed by atoms with van der Waals surface area (Å²) in [4.78, 5) is 28.6. The Morgan fingerprint density at radius 2 is 2.06 bits per heavy atom. The highest BCUT2D eigenvalue weighted by Crippen LogP contribution is 2.31. The van der Waals surface area contributed by atoms with Crippen molar-refractivity contribution in [3.8, 4) is 17.3 Å². The first-order valence-electron chi connectivity index (χ1n) is 11.0. The van der Waals surface area contributed by atoms with E-state index in [2.05, 4.69) is 31.1 Å². The van der Waals surface area contributed by atoms with Gasteiger partial charge in [0.25, 0.3) is 0 Å². The average Bonchev–Trinajstić information content (AvgIpc) is 3.25. The molecule has 0 spiro atoms. The number of ether oxygens (including phenoxy) is 1. The van der Waals surface area contributed by atoms with Crippen LogP contribution in [0.5, 0.6) is 5.75 Å². The standard InChI is InChI=1S/C23H33N5O3/c1-5-23(3,6-2)27-20(30)15-28(4)22-17-8-7-9-18(17)25-21(26-22)19-14-16(10-11-24-19)31-13-12-29/h10-11,14,29H,5-9,12-13,15H2,1-4H3,(H,27,30). The number of fused-ring (bicyclic) bond motifs is 1. The van der Waals surface area contributed by atoms with Crippen molar-refractivity contribution < 1.29 is 14.6 Å². The lowest BCUT2D eigenvalue weighted by Crippen LogP contribution is -2.48. The molecule has 2 N–H and O–H groups in total. The van der Waals surface area contributed by atoms with Gasteiger partial charge in [0.15, 0.2) is 5.82 Å². The number of amides is 1. The van der Waals surface area contributed by atoms with Crippen molar-refractivity contribution in [2.75, 3.05) is 31.7 Å². The van der Waals surface area contributed by atoms with E-state index in [0.29, 0.717) is 17.3 Å². The molecule has 0 bridgehead atoms. The molecule has 1 aliphatic rings. The maximum atomic E-state index is 12.7. The number of carbonyl (C=O) groups is 1. The summed E-state index contributed by atoms with van der Waals surface area (Å²) in [6.45, 7) is 6.63. The topological polar surface area (TPSA) is 100 Å². The van der Waals surface area contributed by atoms with E-state index in [0.717, 1.165) is 49.2 Å². The molecule has 31 heavy (non-hydrogen) atoms. The predicted molar refractivity (Wildman–Crippen MR) is 120 cm³/mol. The molecule has 2 aromatic heterocycles. The maximum absolute atomic E-state index is 12.7. The fourth-order valence-electron chi connectivity index (χ4n) is 3.72. The quantitative estimate of drug-likeness (QED) is 0.601. The first kappa shape index (κ1) is 22.9. The molecule has 0 saturated carbocycles. The lowest BCUT2D eigenvalue weighted by molar-refractivity contribution is -0.121. The fourth-order valence-corrected chi connectivity index (χ4v) is 3.72. The van der Waals surface area contributed by atoms with Gasteiger partial charge in [-0.1, -0.05) is 13.8 Å². The Morgan fingerprint density at radius 3 is 2.77 bits per heavy atom. The minimum Gasteiger partial charge on any atom is -0.491 e. The summed E-state index contributed by atoms with van der Waals surface area (Å²) in [6, 6.07) is 3.51. The van der Waals surface area contributed by atoms with Crippen LogP contribution in [-0.4, -0.2) is 58.3 Å². The molecule has 2 aromatic rings. The molecule has 8 heteroatoms. The van der Waals surface area contributed by atoms with Crippen molar-refractivity contribution >= 4 is 11.7 Å². The second-order valence-electron chi connectivity index (χ2n) is 8.27. The third-order valence-electron chi connectivity index (χ3n) is 5.98. The summed E-state index contributed by atoms with van der Waals surface area (Å²) in [6.07, 6.45) is 6.23. The Bertz CT molecular complexity index is 914. The van der Waals surface area contributed by atoms with Gasteiger partial charge in [0.2, 0.25) is 5.91 Å². The van der Waals surface area contributed by atoms with Crippen LogP contribution in [0, 0.1) is 0 Å². The number of aliphatic hydroxyl groups excluding tert-OH is 1. The van der Waals surface area contributed by atoms with Gasteiger partial charge < -0.3 is 20.1 Å². The number of pyridine rings is 1. The molecule has 0 atom stereocenters. The van der Waals surface area contributed by atoms with Crippen LogP contribution in [0.2, 0.25) is 0 Å². The second kappa shape index (κ2) is 10.0. The van der Waals surface area contributed by atoms with Crippen LogP contribution < -0.4 is 15.0 Å².